The predicted octanol–water partition coefficient (Wildman–Crippen LogP) is 2.18. The molecule has 1 saturated carbocycles. The van der Waals surface area contributed by atoms with Crippen LogP contribution in [0.5, 0.6) is 0 Å². The molecule has 14 heavy (non-hydrogen) atoms. The lowest BCUT2D eigenvalue weighted by Gasteiger charge is -2.42. The molecule has 0 unspecified atom stereocenters. The Kier molecular flexibility index (Phi) is 1.42. The van der Waals surface area contributed by atoms with E-state index < -0.39 is 0 Å². The molecular formula is C12H16N2. The number of nitrogens with zero attached hydrogens (tertiary/aromatic N) is 1. The fourth-order valence-corrected chi connectivity index (χ4v) is 2.46. The average Bonchev–Trinajstić information content (AvgIpc) is 2.81. The highest BCUT2D eigenvalue weighted by Gasteiger charge is 2.52. The predicted molar refractivity (Wildman–Crippen MR) is 59.5 cm³/mol. The Hall–Kier alpha value is -1.18. The first kappa shape index (κ1) is 8.16. The number of aryl methyl sites for hydroxylation is 1. The smallest absolute Gasteiger partial charge is 0.0397 e. The highest BCUT2D eigenvalue weighted by Crippen LogP contribution is 2.54. The molecule has 1 aromatic rings. The second-order valence-corrected chi connectivity index (χ2v) is 4.90. The molecule has 2 nitrogen and oxygen atoms in total. The van der Waals surface area contributed by atoms with E-state index in [1.807, 2.05) is 6.07 Å². The quantitative estimate of drug-likeness (QED) is 0.684. The van der Waals surface area contributed by atoms with E-state index in [1.54, 1.807) is 0 Å². The molecule has 1 spiro atoms. The van der Waals surface area contributed by atoms with E-state index in [-0.39, 0.29) is 0 Å². The third-order valence-electron chi connectivity index (χ3n) is 3.57. The summed E-state index contributed by atoms with van der Waals surface area (Å²) >= 11 is 0. The minimum atomic E-state index is 0.730. The Morgan fingerprint density at radius 3 is 2.57 bits per heavy atom. The van der Waals surface area contributed by atoms with Crippen LogP contribution in [-0.2, 0) is 0 Å². The highest BCUT2D eigenvalue weighted by molar-refractivity contribution is 5.61. The van der Waals surface area contributed by atoms with Crippen LogP contribution >= 0.6 is 0 Å². The van der Waals surface area contributed by atoms with Crippen molar-refractivity contribution in [2.75, 3.05) is 23.7 Å². The molecule has 2 fully saturated rings. The fourth-order valence-electron chi connectivity index (χ4n) is 2.46. The largest absolute Gasteiger partial charge is 0.399 e. The van der Waals surface area contributed by atoms with Crippen molar-refractivity contribution in [3.63, 3.8) is 0 Å². The summed E-state index contributed by atoms with van der Waals surface area (Å²) in [6.45, 7) is 4.67. The van der Waals surface area contributed by atoms with Gasteiger partial charge in [0.25, 0.3) is 0 Å². The first-order valence-corrected chi connectivity index (χ1v) is 5.30. The van der Waals surface area contributed by atoms with Gasteiger partial charge in [-0.2, -0.15) is 0 Å². The van der Waals surface area contributed by atoms with Crippen molar-refractivity contribution in [1.29, 1.82) is 0 Å². The molecule has 0 radical (unpaired) electrons. The number of nitrogens with two attached hydrogens (primary N) is 1. The maximum absolute atomic E-state index is 5.73. The molecule has 2 N–H and O–H groups in total. The normalized spacial score (nSPS) is 22.2. The van der Waals surface area contributed by atoms with E-state index in [0.29, 0.717) is 0 Å². The summed E-state index contributed by atoms with van der Waals surface area (Å²) in [6, 6.07) is 6.22. The van der Waals surface area contributed by atoms with Crippen LogP contribution in [0.25, 0.3) is 0 Å². The van der Waals surface area contributed by atoms with Crippen LogP contribution < -0.4 is 10.6 Å². The van der Waals surface area contributed by atoms with Gasteiger partial charge in [0.05, 0.1) is 0 Å². The number of anilines is 2. The van der Waals surface area contributed by atoms with Crippen LogP contribution in [0.15, 0.2) is 18.2 Å². The molecule has 2 aliphatic rings. The van der Waals surface area contributed by atoms with Crippen LogP contribution in [-0.4, -0.2) is 13.1 Å². The van der Waals surface area contributed by atoms with E-state index >= 15 is 0 Å². The molecule has 1 saturated heterocycles. The van der Waals surface area contributed by atoms with E-state index in [2.05, 4.69) is 24.0 Å². The van der Waals surface area contributed by atoms with Crippen LogP contribution in [0.2, 0.25) is 0 Å². The Balaban J connectivity index is 1.83. The number of nitrogen functional groups attached to an aromatic ring is 1. The molecular weight excluding hydrogens is 172 g/mol. The summed E-state index contributed by atoms with van der Waals surface area (Å²) in [6.07, 6.45) is 2.88. The van der Waals surface area contributed by atoms with Crippen molar-refractivity contribution in [3.05, 3.63) is 23.8 Å². The number of hydrogen-bond donors (Lipinski definition) is 1. The molecule has 2 heteroatoms. The SMILES string of the molecule is Cc1cc(N)ccc1N1CC2(CC2)C1. The van der Waals surface area contributed by atoms with Gasteiger partial charge in [-0.3, -0.25) is 0 Å². The summed E-state index contributed by atoms with van der Waals surface area (Å²) in [5.74, 6) is 0. The van der Waals surface area contributed by atoms with Crippen molar-refractivity contribution < 1.29 is 0 Å². The molecule has 0 aromatic heterocycles. The van der Waals surface area contributed by atoms with Gasteiger partial charge in [-0.25, -0.2) is 0 Å². The van der Waals surface area contributed by atoms with Gasteiger partial charge in [-0.1, -0.05) is 0 Å². The first-order chi connectivity index (χ1) is 6.69. The Morgan fingerprint density at radius 2 is 2.00 bits per heavy atom. The van der Waals surface area contributed by atoms with Crippen molar-refractivity contribution >= 4 is 11.4 Å². The van der Waals surface area contributed by atoms with Crippen molar-refractivity contribution in [2.24, 2.45) is 5.41 Å². The van der Waals surface area contributed by atoms with Crippen LogP contribution in [0.1, 0.15) is 18.4 Å². The van der Waals surface area contributed by atoms with Gasteiger partial charge in [-0.05, 0) is 43.5 Å². The van der Waals surface area contributed by atoms with Crippen LogP contribution in [0.4, 0.5) is 11.4 Å². The number of hydrogen-bond acceptors (Lipinski definition) is 2. The van der Waals surface area contributed by atoms with Gasteiger partial charge in [0.15, 0.2) is 0 Å². The monoisotopic (exact) mass is 188 g/mol. The number of benzene rings is 1. The van der Waals surface area contributed by atoms with E-state index in [4.69, 9.17) is 5.73 Å². The van der Waals surface area contributed by atoms with Crippen molar-refractivity contribution in [1.82, 2.24) is 0 Å². The van der Waals surface area contributed by atoms with Gasteiger partial charge in [0.2, 0.25) is 0 Å². The lowest BCUT2D eigenvalue weighted by molar-refractivity contribution is 0.387. The highest BCUT2D eigenvalue weighted by atomic mass is 15.2. The molecule has 0 amide bonds. The number of rotatable bonds is 1. The van der Waals surface area contributed by atoms with E-state index in [0.717, 1.165) is 11.1 Å². The zero-order chi connectivity index (χ0) is 9.76. The summed E-state index contributed by atoms with van der Waals surface area (Å²) in [5, 5.41) is 0. The Labute approximate surface area is 84.7 Å². The second kappa shape index (κ2) is 2.44. The molecule has 1 aliphatic heterocycles. The lowest BCUT2D eigenvalue weighted by atomic mass is 9.95. The average molecular weight is 188 g/mol. The Morgan fingerprint density at radius 1 is 1.29 bits per heavy atom. The minimum Gasteiger partial charge on any atom is -0.399 e. The summed E-state index contributed by atoms with van der Waals surface area (Å²) in [7, 11) is 0. The fraction of sp³-hybridized carbons (Fsp3) is 0.500. The summed E-state index contributed by atoms with van der Waals surface area (Å²) in [5.41, 5.74) is 10.0. The van der Waals surface area contributed by atoms with Gasteiger partial charge >= 0.3 is 0 Å². The molecule has 74 valence electrons. The van der Waals surface area contributed by atoms with Crippen molar-refractivity contribution in [3.8, 4) is 0 Å². The first-order valence-electron chi connectivity index (χ1n) is 5.30. The Bertz CT molecular complexity index is 372. The standard InChI is InChI=1S/C12H16N2/c1-9-6-10(13)2-3-11(9)14-7-12(8-14)4-5-12/h2-3,6H,4-5,7-8,13H2,1H3. The summed E-state index contributed by atoms with van der Waals surface area (Å²) in [4.78, 5) is 2.47. The lowest BCUT2D eigenvalue weighted by Crippen LogP contribution is -2.48. The van der Waals surface area contributed by atoms with Gasteiger partial charge in [0.1, 0.15) is 0 Å². The van der Waals surface area contributed by atoms with Crippen molar-refractivity contribution in [2.45, 2.75) is 19.8 Å². The zero-order valence-corrected chi connectivity index (χ0v) is 8.59. The molecule has 1 aromatic carbocycles. The zero-order valence-electron chi connectivity index (χ0n) is 8.59. The minimum absolute atomic E-state index is 0.730. The molecule has 1 heterocycles. The topological polar surface area (TPSA) is 29.3 Å². The third-order valence-corrected chi connectivity index (χ3v) is 3.57. The molecule has 1 aliphatic carbocycles. The van der Waals surface area contributed by atoms with Gasteiger partial charge in [-0.15, -0.1) is 0 Å². The molecule has 3 rings (SSSR count). The van der Waals surface area contributed by atoms with E-state index in [1.165, 1.54) is 37.2 Å². The third kappa shape index (κ3) is 1.10. The maximum Gasteiger partial charge on any atom is 0.0397 e. The molecule has 0 bridgehead atoms. The van der Waals surface area contributed by atoms with Gasteiger partial charge in [0, 0.05) is 29.9 Å². The van der Waals surface area contributed by atoms with E-state index in [9.17, 15) is 0 Å². The van der Waals surface area contributed by atoms with Crippen LogP contribution in [0, 0.1) is 12.3 Å². The van der Waals surface area contributed by atoms with Gasteiger partial charge < -0.3 is 10.6 Å². The molecule has 0 atom stereocenters. The van der Waals surface area contributed by atoms with Crippen LogP contribution in [0.3, 0.4) is 0 Å². The second-order valence-electron chi connectivity index (χ2n) is 4.90. The maximum atomic E-state index is 5.73. The summed E-state index contributed by atoms with van der Waals surface area (Å²) < 4.78 is 0.